The molecular formula is C16H24N2O3S. The van der Waals surface area contributed by atoms with Gasteiger partial charge in [0.2, 0.25) is 10.0 Å². The molecule has 3 rings (SSSR count). The molecule has 1 N–H and O–H groups in total. The molecule has 5 nitrogen and oxygen atoms in total. The van der Waals surface area contributed by atoms with Gasteiger partial charge in [0.25, 0.3) is 0 Å². The van der Waals surface area contributed by atoms with E-state index in [2.05, 4.69) is 5.32 Å². The zero-order chi connectivity index (χ0) is 15.6. The number of para-hydroxylation sites is 1. The lowest BCUT2D eigenvalue weighted by molar-refractivity contribution is 0.233. The molecule has 2 saturated heterocycles. The number of sulfonamides is 1. The third-order valence-corrected chi connectivity index (χ3v) is 6.79. The maximum absolute atomic E-state index is 12.8. The topological polar surface area (TPSA) is 58.6 Å². The minimum atomic E-state index is -3.46. The zero-order valence-corrected chi connectivity index (χ0v) is 13.8. The second-order valence-electron chi connectivity index (χ2n) is 6.10. The Morgan fingerprint density at radius 3 is 2.55 bits per heavy atom. The molecule has 122 valence electrons. The lowest BCUT2D eigenvalue weighted by Crippen LogP contribution is -2.43. The molecule has 2 heterocycles. The lowest BCUT2D eigenvalue weighted by Gasteiger charge is -2.34. The molecule has 0 spiro atoms. The molecule has 0 amide bonds. The van der Waals surface area contributed by atoms with Gasteiger partial charge < -0.3 is 10.1 Å². The Kier molecular flexibility index (Phi) is 4.70. The van der Waals surface area contributed by atoms with Crippen LogP contribution in [-0.2, 0) is 10.0 Å². The summed E-state index contributed by atoms with van der Waals surface area (Å²) in [4.78, 5) is 0.273. The molecule has 0 bridgehead atoms. The predicted octanol–water partition coefficient (Wildman–Crippen LogP) is 1.85. The fraction of sp³-hybridized carbons (Fsp3) is 0.625. The molecule has 1 aromatic carbocycles. The molecule has 0 aromatic heterocycles. The first-order chi connectivity index (χ1) is 10.6. The monoisotopic (exact) mass is 324 g/mol. The Hall–Kier alpha value is -1.11. The molecule has 0 aliphatic carbocycles. The summed E-state index contributed by atoms with van der Waals surface area (Å²) in [5, 5.41) is 3.54. The van der Waals surface area contributed by atoms with E-state index in [9.17, 15) is 8.42 Å². The average Bonchev–Trinajstić information content (AvgIpc) is 3.09. The maximum atomic E-state index is 12.8. The summed E-state index contributed by atoms with van der Waals surface area (Å²) in [5.41, 5.74) is 0. The fourth-order valence-corrected chi connectivity index (χ4v) is 5.23. The maximum Gasteiger partial charge on any atom is 0.246 e. The Labute approximate surface area is 132 Å². The Morgan fingerprint density at radius 2 is 1.91 bits per heavy atom. The van der Waals surface area contributed by atoms with Crippen molar-refractivity contribution < 1.29 is 13.2 Å². The number of benzene rings is 1. The highest BCUT2D eigenvalue weighted by Crippen LogP contribution is 2.31. The van der Waals surface area contributed by atoms with Crippen LogP contribution < -0.4 is 10.1 Å². The summed E-state index contributed by atoms with van der Waals surface area (Å²) in [7, 11) is -1.96. The Balaban J connectivity index is 1.71. The molecule has 2 fully saturated rings. The SMILES string of the molecule is COc1ccccc1S(=O)(=O)N1CCC(C2CCCN2)CC1. The van der Waals surface area contributed by atoms with Gasteiger partial charge in [0.15, 0.2) is 0 Å². The highest BCUT2D eigenvalue weighted by Gasteiger charge is 2.34. The molecule has 6 heteroatoms. The van der Waals surface area contributed by atoms with Crippen LogP contribution in [0.15, 0.2) is 29.2 Å². The molecule has 2 aliphatic rings. The summed E-state index contributed by atoms with van der Waals surface area (Å²) >= 11 is 0. The van der Waals surface area contributed by atoms with Crippen LogP contribution in [0.2, 0.25) is 0 Å². The van der Waals surface area contributed by atoms with E-state index in [-0.39, 0.29) is 4.90 Å². The van der Waals surface area contributed by atoms with E-state index in [0.29, 0.717) is 30.8 Å². The summed E-state index contributed by atoms with van der Waals surface area (Å²) in [6.07, 6.45) is 4.34. The van der Waals surface area contributed by atoms with Gasteiger partial charge in [-0.25, -0.2) is 8.42 Å². The summed E-state index contributed by atoms with van der Waals surface area (Å²) < 4.78 is 32.5. The van der Waals surface area contributed by atoms with Gasteiger partial charge in [0.05, 0.1) is 7.11 Å². The molecule has 0 saturated carbocycles. The molecular weight excluding hydrogens is 300 g/mol. The summed E-state index contributed by atoms with van der Waals surface area (Å²) in [6, 6.07) is 7.43. The number of nitrogens with one attached hydrogen (secondary N) is 1. The summed E-state index contributed by atoms with van der Waals surface area (Å²) in [5.74, 6) is 1.02. The quantitative estimate of drug-likeness (QED) is 0.918. The van der Waals surface area contributed by atoms with Gasteiger partial charge in [0.1, 0.15) is 10.6 Å². The first-order valence-corrected chi connectivity index (χ1v) is 9.43. The van der Waals surface area contributed by atoms with Gasteiger partial charge in [0, 0.05) is 19.1 Å². The van der Waals surface area contributed by atoms with Gasteiger partial charge in [-0.05, 0) is 50.3 Å². The van der Waals surface area contributed by atoms with Crippen LogP contribution >= 0.6 is 0 Å². The van der Waals surface area contributed by atoms with Crippen molar-refractivity contribution in [3.05, 3.63) is 24.3 Å². The standard InChI is InChI=1S/C16H24N2O3S/c1-21-15-6-2-3-7-16(15)22(19,20)18-11-8-13(9-12-18)14-5-4-10-17-14/h2-3,6-7,13-14,17H,4-5,8-12H2,1H3. The minimum absolute atomic E-state index is 0.273. The highest BCUT2D eigenvalue weighted by atomic mass is 32.2. The molecule has 1 aromatic rings. The number of rotatable bonds is 4. The third kappa shape index (κ3) is 3.00. The molecule has 1 unspecified atom stereocenters. The van der Waals surface area contributed by atoms with Gasteiger partial charge in [-0.3, -0.25) is 0 Å². The number of nitrogens with zero attached hydrogens (tertiary/aromatic N) is 1. The van der Waals surface area contributed by atoms with Gasteiger partial charge >= 0.3 is 0 Å². The van der Waals surface area contributed by atoms with Crippen molar-refractivity contribution in [1.29, 1.82) is 0 Å². The van der Waals surface area contributed by atoms with E-state index in [4.69, 9.17) is 4.74 Å². The van der Waals surface area contributed by atoms with Crippen LogP contribution in [0.5, 0.6) is 5.75 Å². The van der Waals surface area contributed by atoms with Gasteiger partial charge in [-0.1, -0.05) is 12.1 Å². The van der Waals surface area contributed by atoms with E-state index in [1.54, 1.807) is 28.6 Å². The second kappa shape index (κ2) is 6.56. The molecule has 22 heavy (non-hydrogen) atoms. The van der Waals surface area contributed by atoms with E-state index in [1.165, 1.54) is 20.0 Å². The van der Waals surface area contributed by atoms with Crippen molar-refractivity contribution in [2.24, 2.45) is 5.92 Å². The summed E-state index contributed by atoms with van der Waals surface area (Å²) in [6.45, 7) is 2.30. The largest absolute Gasteiger partial charge is 0.495 e. The van der Waals surface area contributed by atoms with Crippen LogP contribution in [0.25, 0.3) is 0 Å². The molecule has 2 aliphatic heterocycles. The second-order valence-corrected chi connectivity index (χ2v) is 8.00. The average molecular weight is 324 g/mol. The normalized spacial score (nSPS) is 24.5. The van der Waals surface area contributed by atoms with Crippen molar-refractivity contribution in [2.75, 3.05) is 26.7 Å². The zero-order valence-electron chi connectivity index (χ0n) is 13.0. The number of ether oxygens (including phenoxy) is 1. The van der Waals surface area contributed by atoms with E-state index >= 15 is 0 Å². The first-order valence-electron chi connectivity index (χ1n) is 7.99. The van der Waals surface area contributed by atoms with Crippen molar-refractivity contribution in [3.8, 4) is 5.75 Å². The number of methoxy groups -OCH3 is 1. The van der Waals surface area contributed by atoms with E-state index in [0.717, 1.165) is 19.4 Å². The van der Waals surface area contributed by atoms with E-state index in [1.807, 2.05) is 0 Å². The van der Waals surface area contributed by atoms with Crippen LogP contribution in [0.4, 0.5) is 0 Å². The van der Waals surface area contributed by atoms with Crippen LogP contribution in [0, 0.1) is 5.92 Å². The van der Waals surface area contributed by atoms with Crippen LogP contribution in [0.1, 0.15) is 25.7 Å². The van der Waals surface area contributed by atoms with E-state index < -0.39 is 10.0 Å². The highest BCUT2D eigenvalue weighted by molar-refractivity contribution is 7.89. The fourth-order valence-electron chi connectivity index (χ4n) is 3.60. The van der Waals surface area contributed by atoms with Gasteiger partial charge in [-0.2, -0.15) is 4.31 Å². The van der Waals surface area contributed by atoms with Crippen LogP contribution in [-0.4, -0.2) is 45.5 Å². The molecule has 1 atom stereocenters. The van der Waals surface area contributed by atoms with Gasteiger partial charge in [-0.15, -0.1) is 0 Å². The third-order valence-electron chi connectivity index (χ3n) is 4.85. The number of hydrogen-bond acceptors (Lipinski definition) is 4. The van der Waals surface area contributed by atoms with Crippen molar-refractivity contribution in [2.45, 2.75) is 36.6 Å². The Morgan fingerprint density at radius 1 is 1.18 bits per heavy atom. The van der Waals surface area contributed by atoms with Crippen molar-refractivity contribution in [3.63, 3.8) is 0 Å². The van der Waals surface area contributed by atoms with Crippen LogP contribution in [0.3, 0.4) is 0 Å². The first kappa shape index (κ1) is 15.8. The smallest absolute Gasteiger partial charge is 0.246 e. The Bertz CT molecular complexity index is 604. The number of hydrogen-bond donors (Lipinski definition) is 1. The predicted molar refractivity (Wildman–Crippen MR) is 85.5 cm³/mol. The minimum Gasteiger partial charge on any atom is -0.495 e. The lowest BCUT2D eigenvalue weighted by atomic mass is 9.89. The number of piperidine rings is 1. The van der Waals surface area contributed by atoms with Crippen molar-refractivity contribution in [1.82, 2.24) is 9.62 Å². The molecule has 0 radical (unpaired) electrons. The van der Waals surface area contributed by atoms with Crippen molar-refractivity contribution >= 4 is 10.0 Å².